The van der Waals surface area contributed by atoms with E-state index in [1.54, 1.807) is 0 Å². The summed E-state index contributed by atoms with van der Waals surface area (Å²) in [6, 6.07) is 24.2. The Hall–Kier alpha value is -3.06. The maximum atomic E-state index is 5.46. The second kappa shape index (κ2) is 24.3. The minimum atomic E-state index is 0. The third kappa shape index (κ3) is 21.6. The van der Waals surface area contributed by atoms with Crippen LogP contribution in [-0.4, -0.2) is 58.0 Å². The maximum absolute atomic E-state index is 5.46. The Morgan fingerprint density at radius 1 is 0.455 bits per heavy atom. The molecule has 0 saturated carbocycles. The lowest BCUT2D eigenvalue weighted by molar-refractivity contribution is 0.263. The first-order valence-corrected chi connectivity index (χ1v) is 15.3. The summed E-state index contributed by atoms with van der Waals surface area (Å²) in [5.74, 6) is 2.78. The fraction of sp³-hybridized carbons (Fsp3) is 0.526. The van der Waals surface area contributed by atoms with Gasteiger partial charge >= 0.3 is 0 Å². The van der Waals surface area contributed by atoms with Gasteiger partial charge in [0.05, 0.1) is 19.8 Å². The molecule has 44 heavy (non-hydrogen) atoms. The van der Waals surface area contributed by atoms with Crippen molar-refractivity contribution in [1.29, 1.82) is 0 Å². The van der Waals surface area contributed by atoms with Crippen molar-refractivity contribution in [2.24, 2.45) is 0 Å². The van der Waals surface area contributed by atoms with Crippen LogP contribution in [0.25, 0.3) is 0 Å². The highest BCUT2D eigenvalue weighted by molar-refractivity contribution is 5.27. The molecule has 3 aromatic rings. The summed E-state index contributed by atoms with van der Waals surface area (Å²) in [6.07, 6.45) is 3.52. The maximum Gasteiger partial charge on any atom is 0.119 e. The van der Waals surface area contributed by atoms with Gasteiger partial charge in [-0.25, -0.2) is 0 Å². The lowest BCUT2D eigenvalue weighted by Gasteiger charge is -2.03. The molecule has 3 saturated heterocycles. The van der Waals surface area contributed by atoms with Crippen LogP contribution in [-0.2, 0) is 14.2 Å². The van der Waals surface area contributed by atoms with Crippen LogP contribution in [0.1, 0.15) is 72.1 Å². The smallest absolute Gasteiger partial charge is 0.119 e. The molecular weight excluding hydrogens is 552 g/mol. The zero-order chi connectivity index (χ0) is 30.6. The second-order valence-electron chi connectivity index (χ2n) is 10.7. The number of hydrogen-bond donors (Lipinski definition) is 0. The van der Waals surface area contributed by atoms with Gasteiger partial charge in [0.2, 0.25) is 0 Å². The van der Waals surface area contributed by atoms with E-state index >= 15 is 0 Å². The molecule has 248 valence electrons. The van der Waals surface area contributed by atoms with Crippen LogP contribution >= 0.6 is 0 Å². The Balaban J connectivity index is 0.000000566. The van der Waals surface area contributed by atoms with Crippen molar-refractivity contribution in [3.05, 3.63) is 89.5 Å². The molecule has 0 aliphatic carbocycles. The van der Waals surface area contributed by atoms with Crippen molar-refractivity contribution >= 4 is 0 Å². The minimum absolute atomic E-state index is 0. The van der Waals surface area contributed by atoms with Crippen LogP contribution < -0.4 is 14.2 Å². The molecule has 0 N–H and O–H groups in total. The van der Waals surface area contributed by atoms with Gasteiger partial charge in [-0.15, -0.1) is 0 Å². The molecule has 6 heteroatoms. The molecule has 3 fully saturated rings. The van der Waals surface area contributed by atoms with E-state index in [-0.39, 0.29) is 14.9 Å². The van der Waals surface area contributed by atoms with Gasteiger partial charge in [-0.2, -0.15) is 0 Å². The molecule has 3 aliphatic rings. The van der Waals surface area contributed by atoms with Crippen molar-refractivity contribution < 1.29 is 28.4 Å². The third-order valence-corrected chi connectivity index (χ3v) is 5.58. The summed E-state index contributed by atoms with van der Waals surface area (Å²) in [6.45, 7) is 19.3. The van der Waals surface area contributed by atoms with E-state index in [1.165, 1.54) is 29.5 Å². The first-order chi connectivity index (χ1) is 20.4. The van der Waals surface area contributed by atoms with Gasteiger partial charge in [-0.05, 0) is 57.2 Å². The van der Waals surface area contributed by atoms with E-state index in [0.717, 1.165) is 37.1 Å². The van der Waals surface area contributed by atoms with Crippen LogP contribution in [0.3, 0.4) is 0 Å². The topological polar surface area (TPSA) is 65.3 Å². The Morgan fingerprint density at radius 3 is 0.795 bits per heavy atom. The Labute approximate surface area is 269 Å². The van der Waals surface area contributed by atoms with Crippen LogP contribution in [0, 0.1) is 20.8 Å². The number of epoxide rings is 3. The highest BCUT2D eigenvalue weighted by atomic mass is 16.6. The summed E-state index contributed by atoms with van der Waals surface area (Å²) < 4.78 is 31.5. The molecule has 0 amide bonds. The van der Waals surface area contributed by atoms with E-state index in [4.69, 9.17) is 28.4 Å². The Kier molecular flexibility index (Phi) is 22.6. The van der Waals surface area contributed by atoms with Gasteiger partial charge in [0.15, 0.2) is 0 Å². The molecule has 3 heterocycles. The molecule has 3 aliphatic heterocycles. The van der Waals surface area contributed by atoms with Gasteiger partial charge < -0.3 is 28.4 Å². The molecule has 0 radical (unpaired) electrons. The molecule has 0 spiro atoms. The largest absolute Gasteiger partial charge is 0.491 e. The highest BCUT2D eigenvalue weighted by Gasteiger charge is 2.24. The lowest BCUT2D eigenvalue weighted by atomic mass is 10.2. The summed E-state index contributed by atoms with van der Waals surface area (Å²) in [7, 11) is 0. The van der Waals surface area contributed by atoms with E-state index in [1.807, 2.05) is 72.8 Å². The van der Waals surface area contributed by atoms with Crippen LogP contribution in [0.5, 0.6) is 17.2 Å². The number of benzene rings is 3. The van der Waals surface area contributed by atoms with Crippen molar-refractivity contribution in [1.82, 2.24) is 0 Å². The van der Waals surface area contributed by atoms with Gasteiger partial charge in [-0.3, -0.25) is 0 Å². The normalized spacial score (nSPS) is 17.7. The molecule has 0 bridgehead atoms. The SMILES string of the molecule is C.C.CCC.CCC.Cc1ccc(OCC2CO2)cc1.Cc1ccc(OCC2CO2)cc1.Cc1ccc(OCC2CO2)cc1. The molecule has 6 rings (SSSR count). The molecule has 3 aromatic carbocycles. The zero-order valence-corrected chi connectivity index (χ0v) is 26.8. The van der Waals surface area contributed by atoms with Crippen molar-refractivity contribution in [3.63, 3.8) is 0 Å². The zero-order valence-electron chi connectivity index (χ0n) is 26.8. The van der Waals surface area contributed by atoms with Gasteiger partial charge in [0.1, 0.15) is 55.4 Å². The monoisotopic (exact) mass is 612 g/mol. The van der Waals surface area contributed by atoms with Gasteiger partial charge in [0.25, 0.3) is 0 Å². The Morgan fingerprint density at radius 2 is 0.636 bits per heavy atom. The third-order valence-electron chi connectivity index (χ3n) is 5.58. The second-order valence-corrected chi connectivity index (χ2v) is 10.7. The summed E-state index contributed by atoms with van der Waals surface area (Å²) in [5, 5.41) is 0. The number of rotatable bonds is 9. The van der Waals surface area contributed by atoms with Crippen molar-refractivity contribution in [2.75, 3.05) is 39.6 Å². The van der Waals surface area contributed by atoms with E-state index in [0.29, 0.717) is 38.1 Å². The van der Waals surface area contributed by atoms with Gasteiger partial charge in [-0.1, -0.05) is 108 Å². The highest BCUT2D eigenvalue weighted by Crippen LogP contribution is 2.17. The number of ether oxygens (including phenoxy) is 6. The number of aryl methyl sites for hydroxylation is 3. The summed E-state index contributed by atoms with van der Waals surface area (Å²) in [4.78, 5) is 0. The predicted molar refractivity (Wildman–Crippen MR) is 185 cm³/mol. The molecule has 3 unspecified atom stereocenters. The molecule has 0 aromatic heterocycles. The predicted octanol–water partition coefficient (Wildman–Crippen LogP) is 9.42. The minimum Gasteiger partial charge on any atom is -0.491 e. The van der Waals surface area contributed by atoms with Crippen LogP contribution in [0.2, 0.25) is 0 Å². The van der Waals surface area contributed by atoms with Crippen LogP contribution in [0.15, 0.2) is 72.8 Å². The van der Waals surface area contributed by atoms with Gasteiger partial charge in [0, 0.05) is 0 Å². The molecular formula is C38H60O6. The summed E-state index contributed by atoms with van der Waals surface area (Å²) >= 11 is 0. The fourth-order valence-electron chi connectivity index (χ4n) is 2.96. The Bertz CT molecular complexity index is 915. The van der Waals surface area contributed by atoms with E-state index in [2.05, 4.69) is 48.5 Å². The van der Waals surface area contributed by atoms with E-state index in [9.17, 15) is 0 Å². The first kappa shape index (κ1) is 40.9. The van der Waals surface area contributed by atoms with Crippen molar-refractivity contribution in [2.45, 2.75) is 94.5 Å². The molecule has 3 atom stereocenters. The molecule has 6 nitrogen and oxygen atoms in total. The first-order valence-electron chi connectivity index (χ1n) is 15.3. The average Bonchev–Trinajstić information content (AvgIpc) is 3.82. The quantitative estimate of drug-likeness (QED) is 0.224. The standard InChI is InChI=1S/3C10H12O2.2C3H8.2CH4/c3*1-8-2-4-9(5-3-8)11-6-10-7-12-10;2*1-3-2;;/h3*2-5,10H,6-7H2,1H3;2*3H2,1-2H3;2*1H4. The van der Waals surface area contributed by atoms with Crippen molar-refractivity contribution in [3.8, 4) is 17.2 Å². The number of hydrogen-bond acceptors (Lipinski definition) is 6. The lowest BCUT2D eigenvalue weighted by Crippen LogP contribution is -2.03. The summed E-state index contributed by atoms with van der Waals surface area (Å²) in [5.41, 5.74) is 3.76. The van der Waals surface area contributed by atoms with Crippen LogP contribution in [0.4, 0.5) is 0 Å². The average molecular weight is 613 g/mol. The fourth-order valence-corrected chi connectivity index (χ4v) is 2.96. The van der Waals surface area contributed by atoms with E-state index < -0.39 is 0 Å².